The third-order valence-electron chi connectivity index (χ3n) is 4.49. The highest BCUT2D eigenvalue weighted by molar-refractivity contribution is 7.95. The van der Waals surface area contributed by atoms with E-state index in [-0.39, 0.29) is 0 Å². The van der Waals surface area contributed by atoms with Gasteiger partial charge in [0.15, 0.2) is 0 Å². The van der Waals surface area contributed by atoms with Gasteiger partial charge in [0.1, 0.15) is 0 Å². The van der Waals surface area contributed by atoms with E-state index in [0.717, 1.165) is 6.16 Å². The van der Waals surface area contributed by atoms with Crippen LogP contribution in [0.5, 0.6) is 0 Å². The molecule has 0 fully saturated rings. The predicted molar refractivity (Wildman–Crippen MR) is 104 cm³/mol. The lowest BCUT2D eigenvalue weighted by molar-refractivity contribution is 1.08. The Morgan fingerprint density at radius 1 is 0.696 bits per heavy atom. The summed E-state index contributed by atoms with van der Waals surface area (Å²) in [5, 5.41) is 4.27. The molecule has 3 aromatic rings. The van der Waals surface area contributed by atoms with Crippen LogP contribution in [0.1, 0.15) is 12.5 Å². The minimum Gasteiger partial charge on any atom is -0.326 e. The summed E-state index contributed by atoms with van der Waals surface area (Å²) in [6, 6.07) is 30.6. The van der Waals surface area contributed by atoms with Crippen molar-refractivity contribution < 1.29 is 0 Å². The maximum Gasteiger partial charge on any atom is 0.0184 e. The number of hydrogen-bond donors (Lipinski definition) is 1. The molecule has 2 heteroatoms. The molecule has 1 nitrogen and oxygen atoms in total. The summed E-state index contributed by atoms with van der Waals surface area (Å²) >= 11 is 0. The van der Waals surface area contributed by atoms with Crippen LogP contribution in [0.15, 0.2) is 84.9 Å². The molecule has 0 saturated carbocycles. The van der Waals surface area contributed by atoms with Crippen LogP contribution in [-0.4, -0.2) is 6.16 Å². The molecule has 0 heterocycles. The SMILES string of the molecule is CC[P](c1ccccc1)(c1ccccc1)c1ccccc1CN. The molecule has 3 aromatic carbocycles. The first-order valence-electron chi connectivity index (χ1n) is 8.10. The number of hydrogen-bond acceptors (Lipinski definition) is 1. The van der Waals surface area contributed by atoms with E-state index in [9.17, 15) is 0 Å². The lowest BCUT2D eigenvalue weighted by Gasteiger charge is -2.38. The molecule has 0 aromatic heterocycles. The summed E-state index contributed by atoms with van der Waals surface area (Å²) in [4.78, 5) is 0. The third kappa shape index (κ3) is 2.83. The summed E-state index contributed by atoms with van der Waals surface area (Å²) in [5.41, 5.74) is 7.34. The van der Waals surface area contributed by atoms with Crippen molar-refractivity contribution in [3.63, 3.8) is 0 Å². The fourth-order valence-corrected chi connectivity index (χ4v) is 7.67. The molecule has 0 aliphatic rings. The van der Waals surface area contributed by atoms with Crippen molar-refractivity contribution in [1.82, 2.24) is 0 Å². The number of nitrogens with two attached hydrogens (primary N) is 1. The largest absolute Gasteiger partial charge is 0.326 e. The van der Waals surface area contributed by atoms with Crippen molar-refractivity contribution >= 4 is 23.2 Å². The van der Waals surface area contributed by atoms with Crippen molar-refractivity contribution in [2.45, 2.75) is 13.5 Å². The lowest BCUT2D eigenvalue weighted by atomic mass is 10.2. The van der Waals surface area contributed by atoms with Crippen LogP contribution in [0, 0.1) is 0 Å². The zero-order valence-corrected chi connectivity index (χ0v) is 14.4. The predicted octanol–water partition coefficient (Wildman–Crippen LogP) is 3.46. The van der Waals surface area contributed by atoms with E-state index >= 15 is 0 Å². The van der Waals surface area contributed by atoms with Crippen molar-refractivity contribution in [2.24, 2.45) is 5.73 Å². The standard InChI is InChI=1S/C21H23NP/c1-2-23(19-12-5-3-6-13-19,20-14-7-4-8-15-20)21-16-10-9-11-18(21)17-22/h3-16H,2,17,22H2,1H3. The van der Waals surface area contributed by atoms with Crippen LogP contribution >= 0.6 is 7.26 Å². The van der Waals surface area contributed by atoms with E-state index in [1.165, 1.54) is 21.5 Å². The number of benzene rings is 3. The Bertz CT molecular complexity index is 714. The Morgan fingerprint density at radius 3 is 1.65 bits per heavy atom. The zero-order valence-electron chi connectivity index (χ0n) is 13.5. The molecule has 23 heavy (non-hydrogen) atoms. The van der Waals surface area contributed by atoms with Crippen LogP contribution in [0.25, 0.3) is 0 Å². The molecule has 0 aliphatic heterocycles. The minimum absolute atomic E-state index is 0.581. The fraction of sp³-hybridized carbons (Fsp3) is 0.143. The molecule has 3 rings (SSSR count). The van der Waals surface area contributed by atoms with Crippen molar-refractivity contribution in [2.75, 3.05) is 6.16 Å². The van der Waals surface area contributed by atoms with Gasteiger partial charge in [-0.05, 0) is 34.9 Å². The van der Waals surface area contributed by atoms with Gasteiger partial charge in [-0.2, -0.15) is 0 Å². The highest BCUT2D eigenvalue weighted by atomic mass is 31.2. The van der Waals surface area contributed by atoms with Gasteiger partial charge in [-0.15, -0.1) is 0 Å². The summed E-state index contributed by atoms with van der Waals surface area (Å²) in [6.07, 6.45) is 1.10. The molecule has 0 saturated heterocycles. The fourth-order valence-electron chi connectivity index (χ4n) is 3.38. The molecule has 0 aliphatic carbocycles. The molecule has 0 atom stereocenters. The van der Waals surface area contributed by atoms with E-state index in [0.29, 0.717) is 6.54 Å². The van der Waals surface area contributed by atoms with E-state index in [2.05, 4.69) is 91.9 Å². The molecular formula is C21H23NP. The van der Waals surface area contributed by atoms with Gasteiger partial charge in [0.2, 0.25) is 0 Å². The Morgan fingerprint density at radius 2 is 1.17 bits per heavy atom. The van der Waals surface area contributed by atoms with Gasteiger partial charge >= 0.3 is 0 Å². The lowest BCUT2D eigenvalue weighted by Crippen LogP contribution is -2.35. The molecule has 0 bridgehead atoms. The molecule has 0 unspecified atom stereocenters. The summed E-state index contributed by atoms with van der Waals surface area (Å²) in [6.45, 7) is 2.89. The van der Waals surface area contributed by atoms with E-state index in [4.69, 9.17) is 5.73 Å². The van der Waals surface area contributed by atoms with E-state index in [1.807, 2.05) is 0 Å². The van der Waals surface area contributed by atoms with Crippen LogP contribution in [0.2, 0.25) is 0 Å². The normalized spacial score (nSPS) is 11.4. The monoisotopic (exact) mass is 320 g/mol. The smallest absolute Gasteiger partial charge is 0.0184 e. The van der Waals surface area contributed by atoms with Crippen LogP contribution in [-0.2, 0) is 6.54 Å². The Kier molecular flexibility index (Phi) is 4.91. The summed E-state index contributed by atoms with van der Waals surface area (Å²) < 4.78 is 0. The maximum absolute atomic E-state index is 6.08. The maximum atomic E-state index is 6.08. The Hall–Kier alpha value is -1.95. The first kappa shape index (κ1) is 15.9. The molecule has 117 valence electrons. The molecule has 2 N–H and O–H groups in total. The van der Waals surface area contributed by atoms with Gasteiger partial charge in [0.05, 0.1) is 0 Å². The average molecular weight is 320 g/mol. The third-order valence-corrected chi connectivity index (χ3v) is 9.06. The van der Waals surface area contributed by atoms with Crippen molar-refractivity contribution in [3.05, 3.63) is 90.5 Å². The van der Waals surface area contributed by atoms with Gasteiger partial charge in [0, 0.05) is 6.54 Å². The molecular weight excluding hydrogens is 297 g/mol. The first-order valence-corrected chi connectivity index (χ1v) is 10.1. The van der Waals surface area contributed by atoms with Crippen molar-refractivity contribution in [1.29, 1.82) is 0 Å². The number of rotatable bonds is 5. The average Bonchev–Trinajstić information content (AvgIpc) is 2.65. The topological polar surface area (TPSA) is 26.0 Å². The second-order valence-electron chi connectivity index (χ2n) is 5.63. The van der Waals surface area contributed by atoms with E-state index in [1.54, 1.807) is 0 Å². The molecule has 0 amide bonds. The summed E-state index contributed by atoms with van der Waals surface area (Å²) in [7, 11) is -1.67. The zero-order chi connectivity index (χ0) is 16.1. The van der Waals surface area contributed by atoms with Crippen LogP contribution in [0.4, 0.5) is 0 Å². The van der Waals surface area contributed by atoms with Gasteiger partial charge < -0.3 is 5.73 Å². The second kappa shape index (κ2) is 7.08. The highest BCUT2D eigenvalue weighted by Gasteiger charge is 2.33. The Labute approximate surface area is 139 Å². The quantitative estimate of drug-likeness (QED) is 0.716. The first-order chi connectivity index (χ1) is 11.3. The van der Waals surface area contributed by atoms with Crippen molar-refractivity contribution in [3.8, 4) is 0 Å². The summed E-state index contributed by atoms with van der Waals surface area (Å²) in [5.74, 6) is 0. The highest BCUT2D eigenvalue weighted by Crippen LogP contribution is 2.55. The van der Waals surface area contributed by atoms with Crippen LogP contribution in [0.3, 0.4) is 0 Å². The van der Waals surface area contributed by atoms with Gasteiger partial charge in [-0.3, -0.25) is 0 Å². The van der Waals surface area contributed by atoms with Crippen LogP contribution < -0.4 is 21.6 Å². The minimum atomic E-state index is -1.67. The second-order valence-corrected chi connectivity index (χ2v) is 9.40. The van der Waals surface area contributed by atoms with Gasteiger partial charge in [0.25, 0.3) is 0 Å². The van der Waals surface area contributed by atoms with Gasteiger partial charge in [-0.25, -0.2) is 0 Å². The Balaban J connectivity index is 2.34. The van der Waals surface area contributed by atoms with Gasteiger partial charge in [-0.1, -0.05) is 91.9 Å². The van der Waals surface area contributed by atoms with E-state index < -0.39 is 7.26 Å². The molecule has 0 spiro atoms. The molecule has 1 radical (unpaired) electrons.